The molecule has 4 nitrogen and oxygen atoms in total. The lowest BCUT2D eigenvalue weighted by atomic mass is 9.80. The molecule has 1 saturated carbocycles. The van der Waals surface area contributed by atoms with Gasteiger partial charge in [-0.15, -0.1) is 0 Å². The monoisotopic (exact) mass is 340 g/mol. The third-order valence-electron chi connectivity index (χ3n) is 5.62. The zero-order valence-corrected chi connectivity index (χ0v) is 15.5. The highest BCUT2D eigenvalue weighted by Gasteiger charge is 2.34. The van der Waals surface area contributed by atoms with Crippen LogP contribution in [0.2, 0.25) is 0 Å². The van der Waals surface area contributed by atoms with Crippen molar-refractivity contribution >= 4 is 16.7 Å². The van der Waals surface area contributed by atoms with Gasteiger partial charge in [-0.25, -0.2) is 0 Å². The van der Waals surface area contributed by atoms with Crippen LogP contribution < -0.4 is 10.1 Å². The lowest BCUT2D eigenvalue weighted by molar-refractivity contribution is 0.0797. The van der Waals surface area contributed by atoms with Crippen molar-refractivity contribution in [2.24, 2.45) is 0 Å². The van der Waals surface area contributed by atoms with Crippen LogP contribution in [0.5, 0.6) is 5.75 Å². The van der Waals surface area contributed by atoms with Crippen molar-refractivity contribution < 1.29 is 9.53 Å². The third kappa shape index (κ3) is 3.64. The number of likely N-dealkylation sites (N-methyl/N-ethyl adjacent to an activating group) is 1. The number of hydrogen-bond acceptors (Lipinski definition) is 3. The first-order valence-electron chi connectivity index (χ1n) is 9.08. The number of carbonyl (C=O) groups excluding carboxylic acids is 1. The fourth-order valence-corrected chi connectivity index (χ4v) is 3.90. The fourth-order valence-electron chi connectivity index (χ4n) is 3.90. The molecule has 0 bridgehead atoms. The standard InChI is InChI=1S/C21H28N2O2/c1-23(2)21(11-7-4-8-12-21)15-22-20(24)18-13-16-9-5-6-10-17(16)14-19(18)25-3/h5-6,9-10,13-14H,4,7-8,11-12,15H2,1-3H3,(H,22,24). The summed E-state index contributed by atoms with van der Waals surface area (Å²) in [7, 11) is 5.85. The summed E-state index contributed by atoms with van der Waals surface area (Å²) in [5, 5.41) is 5.30. The van der Waals surface area contributed by atoms with Gasteiger partial charge in [-0.05, 0) is 49.8 Å². The Morgan fingerprint density at radius 2 is 1.76 bits per heavy atom. The van der Waals surface area contributed by atoms with Gasteiger partial charge in [0, 0.05) is 12.1 Å². The molecule has 0 atom stereocenters. The van der Waals surface area contributed by atoms with Crippen molar-refractivity contribution in [3.63, 3.8) is 0 Å². The lowest BCUT2D eigenvalue weighted by Crippen LogP contribution is -2.53. The number of benzene rings is 2. The van der Waals surface area contributed by atoms with Gasteiger partial charge in [0.1, 0.15) is 5.75 Å². The predicted octanol–water partition coefficient (Wildman–Crippen LogP) is 3.84. The third-order valence-corrected chi connectivity index (χ3v) is 5.62. The molecular weight excluding hydrogens is 312 g/mol. The number of carbonyl (C=O) groups is 1. The van der Waals surface area contributed by atoms with E-state index in [1.807, 2.05) is 36.4 Å². The predicted molar refractivity (Wildman–Crippen MR) is 102 cm³/mol. The number of hydrogen-bond donors (Lipinski definition) is 1. The molecule has 3 rings (SSSR count). The maximum absolute atomic E-state index is 12.9. The van der Waals surface area contributed by atoms with Crippen molar-refractivity contribution in [1.82, 2.24) is 10.2 Å². The number of nitrogens with one attached hydrogen (secondary N) is 1. The summed E-state index contributed by atoms with van der Waals surface area (Å²) in [6, 6.07) is 11.9. The van der Waals surface area contributed by atoms with Gasteiger partial charge < -0.3 is 15.0 Å². The number of rotatable bonds is 5. The Morgan fingerprint density at radius 1 is 1.12 bits per heavy atom. The second-order valence-corrected chi connectivity index (χ2v) is 7.26. The molecule has 0 heterocycles. The van der Waals surface area contributed by atoms with Crippen molar-refractivity contribution in [3.05, 3.63) is 42.0 Å². The van der Waals surface area contributed by atoms with Gasteiger partial charge >= 0.3 is 0 Å². The first-order valence-corrected chi connectivity index (χ1v) is 9.08. The van der Waals surface area contributed by atoms with Crippen LogP contribution in [0.1, 0.15) is 42.5 Å². The Bertz CT molecular complexity index is 749. The minimum absolute atomic E-state index is 0.0607. The Labute approximate surface area is 150 Å². The van der Waals surface area contributed by atoms with Crippen LogP contribution in [-0.4, -0.2) is 44.1 Å². The number of ether oxygens (including phenoxy) is 1. The van der Waals surface area contributed by atoms with Crippen LogP contribution in [0.25, 0.3) is 10.8 Å². The van der Waals surface area contributed by atoms with Gasteiger partial charge in [0.05, 0.1) is 12.7 Å². The topological polar surface area (TPSA) is 41.6 Å². The van der Waals surface area contributed by atoms with Gasteiger partial charge in [-0.3, -0.25) is 4.79 Å². The first-order chi connectivity index (χ1) is 12.1. The Balaban J connectivity index is 1.81. The van der Waals surface area contributed by atoms with Crippen LogP contribution in [0.15, 0.2) is 36.4 Å². The summed E-state index contributed by atoms with van der Waals surface area (Å²) in [4.78, 5) is 15.1. The van der Waals surface area contributed by atoms with E-state index in [0.29, 0.717) is 17.9 Å². The summed E-state index contributed by atoms with van der Waals surface area (Å²) in [6.45, 7) is 0.675. The van der Waals surface area contributed by atoms with E-state index >= 15 is 0 Å². The summed E-state index contributed by atoms with van der Waals surface area (Å²) in [5.74, 6) is 0.563. The van der Waals surface area contributed by atoms with E-state index < -0.39 is 0 Å². The number of amides is 1. The molecule has 0 aromatic heterocycles. The molecule has 0 radical (unpaired) electrons. The Morgan fingerprint density at radius 3 is 2.36 bits per heavy atom. The summed E-state index contributed by atoms with van der Waals surface area (Å²) in [5.41, 5.74) is 0.670. The molecule has 1 N–H and O–H groups in total. The van der Waals surface area contributed by atoms with Crippen molar-refractivity contribution in [2.45, 2.75) is 37.6 Å². The molecule has 1 fully saturated rings. The fraction of sp³-hybridized carbons (Fsp3) is 0.476. The first kappa shape index (κ1) is 17.7. The van der Waals surface area contributed by atoms with E-state index in [1.165, 1.54) is 19.3 Å². The molecule has 2 aromatic carbocycles. The molecule has 0 unspecified atom stereocenters. The van der Waals surface area contributed by atoms with Crippen molar-refractivity contribution in [3.8, 4) is 5.75 Å². The molecule has 1 aliphatic carbocycles. The molecule has 134 valence electrons. The highest BCUT2D eigenvalue weighted by Crippen LogP contribution is 2.32. The minimum atomic E-state index is -0.0607. The van der Waals surface area contributed by atoms with E-state index in [4.69, 9.17) is 4.74 Å². The summed E-state index contributed by atoms with van der Waals surface area (Å²) in [6.07, 6.45) is 6.02. The van der Waals surface area contributed by atoms with Gasteiger partial charge in [-0.1, -0.05) is 43.5 Å². The molecule has 4 heteroatoms. The molecule has 2 aromatic rings. The molecule has 25 heavy (non-hydrogen) atoms. The zero-order chi connectivity index (χ0) is 17.9. The van der Waals surface area contributed by atoms with Crippen molar-refractivity contribution in [2.75, 3.05) is 27.7 Å². The smallest absolute Gasteiger partial charge is 0.255 e. The van der Waals surface area contributed by atoms with Crippen LogP contribution in [-0.2, 0) is 0 Å². The quantitative estimate of drug-likeness (QED) is 0.899. The van der Waals surface area contributed by atoms with Crippen LogP contribution >= 0.6 is 0 Å². The minimum Gasteiger partial charge on any atom is -0.496 e. The molecule has 1 aliphatic rings. The van der Waals surface area contributed by atoms with Crippen LogP contribution in [0.4, 0.5) is 0 Å². The maximum Gasteiger partial charge on any atom is 0.255 e. The lowest BCUT2D eigenvalue weighted by Gasteiger charge is -2.43. The van der Waals surface area contributed by atoms with Gasteiger partial charge in [0.25, 0.3) is 5.91 Å². The molecule has 0 aliphatic heterocycles. The number of fused-ring (bicyclic) bond motifs is 1. The summed E-state index contributed by atoms with van der Waals surface area (Å²) >= 11 is 0. The maximum atomic E-state index is 12.9. The van der Waals surface area contributed by atoms with Gasteiger partial charge in [0.2, 0.25) is 0 Å². The normalized spacial score (nSPS) is 16.8. The molecule has 0 saturated heterocycles. The van der Waals surface area contributed by atoms with Crippen molar-refractivity contribution in [1.29, 1.82) is 0 Å². The molecule has 0 spiro atoms. The van der Waals surface area contributed by atoms with E-state index in [2.05, 4.69) is 24.3 Å². The highest BCUT2D eigenvalue weighted by atomic mass is 16.5. The average molecular weight is 340 g/mol. The number of nitrogens with zero attached hydrogens (tertiary/aromatic N) is 1. The van der Waals surface area contributed by atoms with Gasteiger partial charge in [0.15, 0.2) is 0 Å². The molecule has 1 amide bonds. The van der Waals surface area contributed by atoms with E-state index in [1.54, 1.807) is 7.11 Å². The number of methoxy groups -OCH3 is 1. The highest BCUT2D eigenvalue weighted by molar-refractivity contribution is 6.01. The van der Waals surface area contributed by atoms with Gasteiger partial charge in [-0.2, -0.15) is 0 Å². The SMILES string of the molecule is COc1cc2ccccc2cc1C(=O)NCC1(N(C)C)CCCCC1. The van der Waals surface area contributed by atoms with E-state index in [9.17, 15) is 4.79 Å². The second-order valence-electron chi connectivity index (χ2n) is 7.26. The second kappa shape index (κ2) is 7.44. The zero-order valence-electron chi connectivity index (χ0n) is 15.5. The Kier molecular flexibility index (Phi) is 5.28. The summed E-state index contributed by atoms with van der Waals surface area (Å²) < 4.78 is 5.47. The van der Waals surface area contributed by atoms with Crippen LogP contribution in [0.3, 0.4) is 0 Å². The average Bonchev–Trinajstić information content (AvgIpc) is 2.65. The van der Waals surface area contributed by atoms with E-state index in [0.717, 1.165) is 23.6 Å². The Hall–Kier alpha value is -2.07. The molecular formula is C21H28N2O2. The van der Waals surface area contributed by atoms with E-state index in [-0.39, 0.29) is 11.4 Å². The largest absolute Gasteiger partial charge is 0.496 e. The van der Waals surface area contributed by atoms with Crippen LogP contribution in [0, 0.1) is 0 Å².